The van der Waals surface area contributed by atoms with Gasteiger partial charge < -0.3 is 0 Å². The summed E-state index contributed by atoms with van der Waals surface area (Å²) in [5, 5.41) is 14.3. The lowest BCUT2D eigenvalue weighted by Gasteiger charge is -2.05. The third-order valence-electron chi connectivity index (χ3n) is 2.73. The van der Waals surface area contributed by atoms with Gasteiger partial charge in [0.25, 0.3) is 0 Å². The van der Waals surface area contributed by atoms with Crippen LogP contribution in [0.4, 0.5) is 0 Å². The number of fused-ring (bicyclic) bond motifs is 1. The average Bonchev–Trinajstić information content (AvgIpc) is 2.91. The Bertz CT molecular complexity index is 709. The summed E-state index contributed by atoms with van der Waals surface area (Å²) in [7, 11) is 0. The maximum atomic E-state index is 9.34. The number of hydrogen-bond donors (Lipinski definition) is 0. The van der Waals surface area contributed by atoms with Gasteiger partial charge in [-0.3, -0.25) is 4.98 Å². The van der Waals surface area contributed by atoms with Crippen LogP contribution in [0.2, 0.25) is 0 Å². The molecule has 0 saturated heterocycles. The highest BCUT2D eigenvalue weighted by atomic mass is 32.1. The monoisotopic (exact) mass is 236 g/mol. The van der Waals surface area contributed by atoms with Crippen molar-refractivity contribution in [3.8, 4) is 17.2 Å². The van der Waals surface area contributed by atoms with Gasteiger partial charge in [-0.05, 0) is 40.6 Å². The van der Waals surface area contributed by atoms with Crippen molar-refractivity contribution < 1.29 is 0 Å². The zero-order valence-electron chi connectivity index (χ0n) is 8.92. The van der Waals surface area contributed by atoms with Crippen LogP contribution < -0.4 is 0 Å². The van der Waals surface area contributed by atoms with Gasteiger partial charge >= 0.3 is 0 Å². The van der Waals surface area contributed by atoms with Crippen LogP contribution in [0.15, 0.2) is 47.3 Å². The van der Waals surface area contributed by atoms with Crippen LogP contribution in [0.25, 0.3) is 22.0 Å². The second-order valence-corrected chi connectivity index (χ2v) is 4.46. The highest BCUT2D eigenvalue weighted by molar-refractivity contribution is 7.08. The Labute approximate surface area is 103 Å². The first kappa shape index (κ1) is 10.0. The number of pyridine rings is 1. The lowest BCUT2D eigenvalue weighted by atomic mass is 9.99. The predicted octanol–water partition coefficient (Wildman–Crippen LogP) is 3.83. The largest absolute Gasteiger partial charge is 0.256 e. The van der Waals surface area contributed by atoms with Gasteiger partial charge in [0.1, 0.15) is 6.07 Å². The second-order valence-electron chi connectivity index (χ2n) is 3.68. The Morgan fingerprint density at radius 3 is 2.88 bits per heavy atom. The molecule has 0 saturated carbocycles. The number of nitrogens with zero attached hydrogens (tertiary/aromatic N) is 2. The number of thiophene rings is 1. The van der Waals surface area contributed by atoms with Gasteiger partial charge in [-0.15, -0.1) is 0 Å². The quantitative estimate of drug-likeness (QED) is 0.643. The van der Waals surface area contributed by atoms with Crippen molar-refractivity contribution in [3.05, 3.63) is 52.9 Å². The van der Waals surface area contributed by atoms with E-state index in [0.29, 0.717) is 5.56 Å². The molecule has 0 amide bonds. The number of hydrogen-bond acceptors (Lipinski definition) is 3. The van der Waals surface area contributed by atoms with Crippen molar-refractivity contribution >= 4 is 22.2 Å². The van der Waals surface area contributed by atoms with Crippen molar-refractivity contribution in [1.29, 1.82) is 5.26 Å². The normalized spacial score (nSPS) is 10.3. The van der Waals surface area contributed by atoms with E-state index in [-0.39, 0.29) is 0 Å². The standard InChI is InChI=1S/C14H8N2S/c15-8-13-11(10-5-7-17-9-10)3-4-14-12(13)2-1-6-16-14/h1-7,9H. The van der Waals surface area contributed by atoms with Gasteiger partial charge in [0.15, 0.2) is 0 Å². The highest BCUT2D eigenvalue weighted by Gasteiger charge is 2.09. The van der Waals surface area contributed by atoms with Crippen molar-refractivity contribution in [1.82, 2.24) is 4.98 Å². The topological polar surface area (TPSA) is 36.7 Å². The molecule has 0 aliphatic carbocycles. The second kappa shape index (κ2) is 4.00. The Morgan fingerprint density at radius 2 is 2.12 bits per heavy atom. The molecule has 80 valence electrons. The van der Waals surface area contributed by atoms with Gasteiger partial charge in [-0.2, -0.15) is 16.6 Å². The fraction of sp³-hybridized carbons (Fsp3) is 0. The molecule has 1 aromatic carbocycles. The number of nitriles is 1. The first-order valence-electron chi connectivity index (χ1n) is 5.20. The third-order valence-corrected chi connectivity index (χ3v) is 3.41. The van der Waals surface area contributed by atoms with Gasteiger partial charge in [-0.1, -0.05) is 6.07 Å². The minimum Gasteiger partial charge on any atom is -0.256 e. The summed E-state index contributed by atoms with van der Waals surface area (Å²) in [6, 6.07) is 12.1. The Balaban J connectivity index is 2.38. The number of rotatable bonds is 1. The number of aromatic nitrogens is 1. The zero-order valence-corrected chi connectivity index (χ0v) is 9.74. The maximum absolute atomic E-state index is 9.34. The van der Waals surface area contributed by atoms with E-state index >= 15 is 0 Å². The minimum atomic E-state index is 0.703. The average molecular weight is 236 g/mol. The maximum Gasteiger partial charge on any atom is 0.100 e. The molecule has 0 bridgehead atoms. The molecule has 0 unspecified atom stereocenters. The Hall–Kier alpha value is -2.18. The Kier molecular flexibility index (Phi) is 2.36. The van der Waals surface area contributed by atoms with E-state index in [0.717, 1.165) is 22.0 Å². The molecular formula is C14H8N2S. The summed E-state index contributed by atoms with van der Waals surface area (Å²) in [6.07, 6.45) is 1.74. The molecule has 0 N–H and O–H groups in total. The van der Waals surface area contributed by atoms with Crippen LogP contribution in [0.1, 0.15) is 5.56 Å². The smallest absolute Gasteiger partial charge is 0.100 e. The molecule has 0 atom stereocenters. The van der Waals surface area contributed by atoms with E-state index in [1.807, 2.05) is 35.7 Å². The lowest BCUT2D eigenvalue weighted by Crippen LogP contribution is -1.87. The van der Waals surface area contributed by atoms with Gasteiger partial charge in [0.05, 0.1) is 11.1 Å². The molecule has 17 heavy (non-hydrogen) atoms. The van der Waals surface area contributed by atoms with Crippen molar-refractivity contribution in [2.24, 2.45) is 0 Å². The molecule has 0 aliphatic heterocycles. The molecule has 0 radical (unpaired) electrons. The fourth-order valence-electron chi connectivity index (χ4n) is 1.93. The molecule has 2 aromatic heterocycles. The highest BCUT2D eigenvalue weighted by Crippen LogP contribution is 2.30. The third kappa shape index (κ3) is 1.59. The summed E-state index contributed by atoms with van der Waals surface area (Å²) in [5.41, 5.74) is 3.64. The summed E-state index contributed by atoms with van der Waals surface area (Å²) in [4.78, 5) is 4.26. The van der Waals surface area contributed by atoms with E-state index in [1.165, 1.54) is 0 Å². The molecule has 0 aliphatic rings. The zero-order chi connectivity index (χ0) is 11.7. The van der Waals surface area contributed by atoms with Crippen LogP contribution in [0.5, 0.6) is 0 Å². The SMILES string of the molecule is N#Cc1c(-c2ccsc2)ccc2ncccc12. The van der Waals surface area contributed by atoms with Crippen molar-refractivity contribution in [2.75, 3.05) is 0 Å². The van der Waals surface area contributed by atoms with Crippen LogP contribution >= 0.6 is 11.3 Å². The van der Waals surface area contributed by atoms with E-state index in [2.05, 4.69) is 16.4 Å². The first-order chi connectivity index (χ1) is 8.40. The van der Waals surface area contributed by atoms with Gasteiger partial charge in [0, 0.05) is 17.1 Å². The summed E-state index contributed by atoms with van der Waals surface area (Å²) in [5.74, 6) is 0. The molecule has 2 heterocycles. The summed E-state index contributed by atoms with van der Waals surface area (Å²) < 4.78 is 0. The van der Waals surface area contributed by atoms with Gasteiger partial charge in [-0.25, -0.2) is 0 Å². The molecule has 0 fully saturated rings. The lowest BCUT2D eigenvalue weighted by molar-refractivity contribution is 1.40. The molecular weight excluding hydrogens is 228 g/mol. The van der Waals surface area contributed by atoms with E-state index in [1.54, 1.807) is 17.5 Å². The minimum absolute atomic E-state index is 0.703. The summed E-state index contributed by atoms with van der Waals surface area (Å²) in [6.45, 7) is 0. The fourth-order valence-corrected chi connectivity index (χ4v) is 2.59. The molecule has 3 aromatic rings. The van der Waals surface area contributed by atoms with Crippen LogP contribution in [-0.4, -0.2) is 4.98 Å². The van der Waals surface area contributed by atoms with E-state index in [9.17, 15) is 5.26 Å². The van der Waals surface area contributed by atoms with Crippen LogP contribution in [0, 0.1) is 11.3 Å². The van der Waals surface area contributed by atoms with Crippen LogP contribution in [-0.2, 0) is 0 Å². The summed E-state index contributed by atoms with van der Waals surface area (Å²) >= 11 is 1.63. The molecule has 3 heteroatoms. The van der Waals surface area contributed by atoms with Crippen molar-refractivity contribution in [2.45, 2.75) is 0 Å². The van der Waals surface area contributed by atoms with Crippen LogP contribution in [0.3, 0.4) is 0 Å². The molecule has 0 spiro atoms. The van der Waals surface area contributed by atoms with E-state index in [4.69, 9.17) is 0 Å². The number of benzene rings is 1. The molecule has 3 rings (SSSR count). The van der Waals surface area contributed by atoms with Crippen molar-refractivity contribution in [3.63, 3.8) is 0 Å². The molecule has 2 nitrogen and oxygen atoms in total. The van der Waals surface area contributed by atoms with E-state index < -0.39 is 0 Å². The first-order valence-corrected chi connectivity index (χ1v) is 6.15. The Morgan fingerprint density at radius 1 is 1.18 bits per heavy atom. The van der Waals surface area contributed by atoms with Gasteiger partial charge in [0.2, 0.25) is 0 Å². The predicted molar refractivity (Wildman–Crippen MR) is 69.8 cm³/mol.